The van der Waals surface area contributed by atoms with Crippen LogP contribution in [0.25, 0.3) is 0 Å². The molecule has 14 heavy (non-hydrogen) atoms. The van der Waals surface area contributed by atoms with Crippen molar-refractivity contribution in [2.45, 2.75) is 18.9 Å². The Morgan fingerprint density at radius 1 is 1.57 bits per heavy atom. The summed E-state index contributed by atoms with van der Waals surface area (Å²) in [4.78, 5) is 24.0. The molecule has 1 atom stereocenters. The number of nitrogens with zero attached hydrogens (tertiary/aromatic N) is 1. The number of halogens is 1. The van der Waals surface area contributed by atoms with E-state index in [9.17, 15) is 14.0 Å². The Bertz CT molecular complexity index is 233. The molecule has 0 aromatic heterocycles. The molecule has 0 aromatic carbocycles. The van der Waals surface area contributed by atoms with Crippen molar-refractivity contribution in [1.29, 1.82) is 0 Å². The van der Waals surface area contributed by atoms with Crippen LogP contribution >= 0.6 is 0 Å². The molecule has 0 spiro atoms. The number of hydrogen-bond donors (Lipinski definition) is 1. The van der Waals surface area contributed by atoms with Gasteiger partial charge in [-0.25, -0.2) is 4.39 Å². The van der Waals surface area contributed by atoms with Gasteiger partial charge in [-0.2, -0.15) is 0 Å². The molecule has 0 aliphatic carbocycles. The summed E-state index contributed by atoms with van der Waals surface area (Å²) in [6.45, 7) is -0.310. The zero-order valence-electron chi connectivity index (χ0n) is 8.25. The topological polar surface area (TPSA) is 49.4 Å². The van der Waals surface area contributed by atoms with Gasteiger partial charge in [-0.05, 0) is 26.4 Å². The Hall–Kier alpha value is -0.970. The van der Waals surface area contributed by atoms with Crippen LogP contribution in [0.2, 0.25) is 0 Å². The number of ketones is 1. The molecule has 1 heterocycles. The highest BCUT2D eigenvalue weighted by molar-refractivity contribution is 5.88. The van der Waals surface area contributed by atoms with Crippen LogP contribution in [0.5, 0.6) is 0 Å². The maximum absolute atomic E-state index is 11.8. The number of rotatable bonds is 4. The Labute approximate surface area is 82.5 Å². The third-order valence-electron chi connectivity index (χ3n) is 2.43. The standard InChI is InChI=1S/C9H15FN2O2/c1-12-4-2-3-8(12)9(14)11-6-7(13)5-10/h8H,2-6H2,1H3,(H,11,14)/t8-/m0/s1. The molecular weight excluding hydrogens is 187 g/mol. The number of Topliss-reactive ketones (excluding diaryl/α,β-unsaturated/α-hetero) is 1. The number of carbonyl (C=O) groups is 2. The van der Waals surface area contributed by atoms with E-state index in [-0.39, 0.29) is 18.5 Å². The molecule has 1 amide bonds. The van der Waals surface area contributed by atoms with E-state index in [1.807, 2.05) is 11.9 Å². The third-order valence-corrected chi connectivity index (χ3v) is 2.43. The second-order valence-electron chi connectivity index (χ2n) is 3.53. The first-order chi connectivity index (χ1) is 6.65. The van der Waals surface area contributed by atoms with E-state index < -0.39 is 12.5 Å². The fraction of sp³-hybridized carbons (Fsp3) is 0.778. The van der Waals surface area contributed by atoms with Crippen LogP contribution < -0.4 is 5.32 Å². The van der Waals surface area contributed by atoms with Crippen LogP contribution in [0.1, 0.15) is 12.8 Å². The van der Waals surface area contributed by atoms with E-state index in [0.29, 0.717) is 0 Å². The summed E-state index contributed by atoms with van der Waals surface area (Å²) in [5, 5.41) is 2.44. The summed E-state index contributed by atoms with van der Waals surface area (Å²) >= 11 is 0. The first kappa shape index (κ1) is 11.1. The lowest BCUT2D eigenvalue weighted by atomic mass is 10.2. The Morgan fingerprint density at radius 3 is 2.79 bits per heavy atom. The third kappa shape index (κ3) is 2.77. The largest absolute Gasteiger partial charge is 0.348 e. The molecule has 1 fully saturated rings. The number of hydrogen-bond acceptors (Lipinski definition) is 3. The van der Waals surface area contributed by atoms with Gasteiger partial charge in [0.15, 0.2) is 5.78 Å². The van der Waals surface area contributed by atoms with Gasteiger partial charge in [-0.15, -0.1) is 0 Å². The number of amides is 1. The summed E-state index contributed by atoms with van der Waals surface area (Å²) in [6, 6.07) is -0.151. The van der Waals surface area contributed by atoms with Crippen molar-refractivity contribution in [2.75, 3.05) is 26.8 Å². The molecule has 0 unspecified atom stereocenters. The highest BCUT2D eigenvalue weighted by Crippen LogP contribution is 2.14. The van der Waals surface area contributed by atoms with E-state index in [1.54, 1.807) is 0 Å². The SMILES string of the molecule is CN1CCC[C@H]1C(=O)NCC(=O)CF. The smallest absolute Gasteiger partial charge is 0.237 e. The fourth-order valence-corrected chi connectivity index (χ4v) is 1.59. The molecule has 1 aliphatic rings. The number of nitrogens with one attached hydrogen (secondary N) is 1. The molecule has 1 aliphatic heterocycles. The van der Waals surface area contributed by atoms with Crippen LogP contribution in [0.15, 0.2) is 0 Å². The van der Waals surface area contributed by atoms with Gasteiger partial charge in [-0.3, -0.25) is 14.5 Å². The van der Waals surface area contributed by atoms with Crippen molar-refractivity contribution in [3.8, 4) is 0 Å². The van der Waals surface area contributed by atoms with E-state index in [1.165, 1.54) is 0 Å². The molecule has 0 saturated carbocycles. The lowest BCUT2D eigenvalue weighted by molar-refractivity contribution is -0.128. The van der Waals surface area contributed by atoms with Crippen molar-refractivity contribution in [3.05, 3.63) is 0 Å². The average molecular weight is 202 g/mol. The van der Waals surface area contributed by atoms with Crippen LogP contribution in [-0.4, -0.2) is 49.4 Å². The Balaban J connectivity index is 2.31. The molecule has 80 valence electrons. The zero-order valence-corrected chi connectivity index (χ0v) is 8.25. The monoisotopic (exact) mass is 202 g/mol. The second kappa shape index (κ2) is 5.05. The summed E-state index contributed by atoms with van der Waals surface area (Å²) in [5.41, 5.74) is 0. The van der Waals surface area contributed by atoms with Gasteiger partial charge >= 0.3 is 0 Å². The van der Waals surface area contributed by atoms with E-state index >= 15 is 0 Å². The molecule has 0 bridgehead atoms. The normalized spacial score (nSPS) is 22.3. The minimum absolute atomic E-state index is 0.151. The number of likely N-dealkylation sites (N-methyl/N-ethyl adjacent to an activating group) is 1. The van der Waals surface area contributed by atoms with Gasteiger partial charge in [0.2, 0.25) is 5.91 Å². The van der Waals surface area contributed by atoms with Gasteiger partial charge in [0, 0.05) is 0 Å². The molecular formula is C9H15FN2O2. The molecule has 0 aromatic rings. The quantitative estimate of drug-likeness (QED) is 0.683. The molecule has 1 rings (SSSR count). The van der Waals surface area contributed by atoms with Crippen LogP contribution in [0, 0.1) is 0 Å². The van der Waals surface area contributed by atoms with Crippen LogP contribution in [-0.2, 0) is 9.59 Å². The highest BCUT2D eigenvalue weighted by Gasteiger charge is 2.27. The summed E-state index contributed by atoms with van der Waals surface area (Å²) in [7, 11) is 1.87. The van der Waals surface area contributed by atoms with Crippen molar-refractivity contribution in [1.82, 2.24) is 10.2 Å². The first-order valence-corrected chi connectivity index (χ1v) is 4.70. The lowest BCUT2D eigenvalue weighted by Gasteiger charge is -2.17. The Kier molecular flexibility index (Phi) is 4.00. The van der Waals surface area contributed by atoms with Gasteiger partial charge < -0.3 is 5.32 Å². The van der Waals surface area contributed by atoms with Crippen molar-refractivity contribution >= 4 is 11.7 Å². The molecule has 4 nitrogen and oxygen atoms in total. The fourth-order valence-electron chi connectivity index (χ4n) is 1.59. The van der Waals surface area contributed by atoms with Crippen LogP contribution in [0.3, 0.4) is 0 Å². The molecule has 0 radical (unpaired) electrons. The van der Waals surface area contributed by atoms with Crippen molar-refractivity contribution in [3.63, 3.8) is 0 Å². The minimum atomic E-state index is -1.01. The number of likely N-dealkylation sites (tertiary alicyclic amines) is 1. The van der Waals surface area contributed by atoms with E-state index in [0.717, 1.165) is 19.4 Å². The predicted molar refractivity (Wildman–Crippen MR) is 49.6 cm³/mol. The lowest BCUT2D eigenvalue weighted by Crippen LogP contribution is -2.43. The minimum Gasteiger partial charge on any atom is -0.348 e. The zero-order chi connectivity index (χ0) is 10.6. The average Bonchev–Trinajstić information content (AvgIpc) is 2.60. The van der Waals surface area contributed by atoms with Crippen LogP contribution in [0.4, 0.5) is 4.39 Å². The predicted octanol–water partition coefficient (Wildman–Crippen LogP) is -0.265. The molecule has 1 saturated heterocycles. The molecule has 1 N–H and O–H groups in total. The first-order valence-electron chi connectivity index (χ1n) is 4.70. The maximum atomic E-state index is 11.8. The van der Waals surface area contributed by atoms with E-state index in [2.05, 4.69) is 5.32 Å². The highest BCUT2D eigenvalue weighted by atomic mass is 19.1. The van der Waals surface area contributed by atoms with Crippen molar-refractivity contribution < 1.29 is 14.0 Å². The summed E-state index contributed by atoms with van der Waals surface area (Å²) in [6.07, 6.45) is 1.80. The van der Waals surface area contributed by atoms with Crippen molar-refractivity contribution in [2.24, 2.45) is 0 Å². The van der Waals surface area contributed by atoms with Gasteiger partial charge in [0.1, 0.15) is 6.67 Å². The van der Waals surface area contributed by atoms with Gasteiger partial charge in [0.05, 0.1) is 12.6 Å². The number of alkyl halides is 1. The molecule has 5 heteroatoms. The van der Waals surface area contributed by atoms with E-state index in [4.69, 9.17) is 0 Å². The maximum Gasteiger partial charge on any atom is 0.237 e. The van der Waals surface area contributed by atoms with Gasteiger partial charge in [0.25, 0.3) is 0 Å². The summed E-state index contributed by atoms with van der Waals surface area (Å²) in [5.74, 6) is -0.759. The number of carbonyl (C=O) groups excluding carboxylic acids is 2. The Morgan fingerprint density at radius 2 is 2.29 bits per heavy atom. The van der Waals surface area contributed by atoms with Gasteiger partial charge in [-0.1, -0.05) is 0 Å². The summed E-state index contributed by atoms with van der Waals surface area (Å²) < 4.78 is 11.8. The second-order valence-corrected chi connectivity index (χ2v) is 3.53.